The van der Waals surface area contributed by atoms with Crippen LogP contribution in [0.15, 0.2) is 61.1 Å². The Labute approximate surface area is 218 Å². The molecule has 1 aliphatic rings. The summed E-state index contributed by atoms with van der Waals surface area (Å²) in [6.45, 7) is 2.04. The van der Waals surface area contributed by atoms with E-state index in [-0.39, 0.29) is 28.7 Å². The highest BCUT2D eigenvalue weighted by Crippen LogP contribution is 2.41. The normalized spacial score (nSPS) is 14.0. The molecule has 0 radical (unpaired) electrons. The largest absolute Gasteiger partial charge is 0.343 e. The van der Waals surface area contributed by atoms with Gasteiger partial charge < -0.3 is 14.5 Å². The number of carbonyl (C=O) groups excluding carboxylic acids is 1. The maximum Gasteiger partial charge on any atom is 0.251 e. The van der Waals surface area contributed by atoms with E-state index in [1.165, 1.54) is 18.3 Å². The molecule has 2 aromatic carbocycles. The second-order valence-corrected chi connectivity index (χ2v) is 9.96. The highest BCUT2D eigenvalue weighted by Gasteiger charge is 2.35. The van der Waals surface area contributed by atoms with Crippen molar-refractivity contribution in [3.63, 3.8) is 0 Å². The van der Waals surface area contributed by atoms with Gasteiger partial charge in [-0.3, -0.25) is 15.2 Å². The molecular formula is C28H26ClF2N5O. The van der Waals surface area contributed by atoms with Crippen LogP contribution in [0.4, 0.5) is 8.78 Å². The Kier molecular flexibility index (Phi) is 6.69. The van der Waals surface area contributed by atoms with Crippen molar-refractivity contribution in [3.05, 3.63) is 106 Å². The Morgan fingerprint density at radius 2 is 1.97 bits per heavy atom. The number of aromatic nitrogens is 3. The summed E-state index contributed by atoms with van der Waals surface area (Å²) < 4.78 is 31.0. The maximum atomic E-state index is 13.8. The molecule has 2 N–H and O–H groups in total. The summed E-state index contributed by atoms with van der Waals surface area (Å²) in [5.74, 6) is -0.895. The lowest BCUT2D eigenvalue weighted by atomic mass is 9.98. The molecule has 4 aromatic rings. The number of benzene rings is 2. The van der Waals surface area contributed by atoms with Crippen molar-refractivity contribution in [3.8, 4) is 11.1 Å². The van der Waals surface area contributed by atoms with E-state index in [9.17, 15) is 13.6 Å². The topological polar surface area (TPSA) is 75.7 Å². The van der Waals surface area contributed by atoms with Crippen LogP contribution in [-0.4, -0.2) is 20.0 Å². The zero-order valence-electron chi connectivity index (χ0n) is 20.4. The number of imidazole rings is 1. The first-order chi connectivity index (χ1) is 17.7. The number of carbonyl (C=O) groups is 1. The first-order valence-corrected chi connectivity index (χ1v) is 12.4. The van der Waals surface area contributed by atoms with Crippen molar-refractivity contribution in [1.82, 2.24) is 19.4 Å². The van der Waals surface area contributed by atoms with Gasteiger partial charge in [0.05, 0.1) is 29.5 Å². The summed E-state index contributed by atoms with van der Waals surface area (Å²) in [4.78, 5) is 17.8. The van der Waals surface area contributed by atoms with Gasteiger partial charge in [0.1, 0.15) is 11.6 Å². The zero-order chi connectivity index (χ0) is 26.3. The van der Waals surface area contributed by atoms with Crippen LogP contribution in [0, 0.1) is 29.9 Å². The molecule has 1 aliphatic carbocycles. The molecule has 0 spiro atoms. The number of hydrogen-bond acceptors (Lipinski definition) is 3. The Bertz CT molecular complexity index is 1560. The van der Waals surface area contributed by atoms with Crippen molar-refractivity contribution < 1.29 is 13.6 Å². The van der Waals surface area contributed by atoms with Gasteiger partial charge in [0, 0.05) is 30.6 Å². The van der Waals surface area contributed by atoms with Crippen LogP contribution in [0.25, 0.3) is 11.1 Å². The molecule has 2 aromatic heterocycles. The Morgan fingerprint density at radius 3 is 2.62 bits per heavy atom. The minimum absolute atomic E-state index is 0.235. The lowest BCUT2D eigenvalue weighted by Crippen LogP contribution is -2.31. The van der Waals surface area contributed by atoms with Crippen LogP contribution in [0.2, 0.25) is 5.02 Å². The summed E-state index contributed by atoms with van der Waals surface area (Å²) in [7, 11) is 1.79. The van der Waals surface area contributed by atoms with Gasteiger partial charge in [-0.05, 0) is 84.8 Å². The predicted octanol–water partition coefficient (Wildman–Crippen LogP) is 5.54. The molecule has 9 heteroatoms. The minimum Gasteiger partial charge on any atom is -0.343 e. The third kappa shape index (κ3) is 5.34. The van der Waals surface area contributed by atoms with Crippen molar-refractivity contribution in [2.75, 3.05) is 0 Å². The number of halogens is 3. The first kappa shape index (κ1) is 24.9. The van der Waals surface area contributed by atoms with E-state index in [4.69, 9.17) is 17.0 Å². The highest BCUT2D eigenvalue weighted by atomic mass is 35.5. The van der Waals surface area contributed by atoms with Crippen LogP contribution in [0.3, 0.4) is 0 Å². The van der Waals surface area contributed by atoms with Gasteiger partial charge in [-0.25, -0.2) is 8.78 Å². The SMILES string of the molecule is Cc1cc([C@@H](NC(=O)c2cc(Cn3ccn(C)c3=N)cc(-c3ccc(F)cc3Cl)c2)C2CC2)ncc1F. The number of rotatable bonds is 7. The number of aryl methyl sites for hydroxylation is 2. The van der Waals surface area contributed by atoms with Crippen molar-refractivity contribution in [2.24, 2.45) is 13.0 Å². The standard InChI is InChI=1S/C28H26ClF2N5O/c1-16-9-25(33-14-24(16)31)26(18-3-4-18)34-27(37)20-11-17(15-36-8-7-35(2)28(36)32)10-19(12-20)22-6-5-21(30)13-23(22)29/h5-14,18,26,32H,3-4,15H2,1-2H3,(H,34,37)/t26-/m0/s1. The molecule has 0 saturated heterocycles. The molecule has 0 bridgehead atoms. The van der Waals surface area contributed by atoms with Gasteiger partial charge in [0.25, 0.3) is 5.91 Å². The zero-order valence-corrected chi connectivity index (χ0v) is 21.2. The Balaban J connectivity index is 1.52. The third-order valence-corrected chi connectivity index (χ3v) is 7.01. The number of pyridine rings is 1. The van der Waals surface area contributed by atoms with E-state index in [0.717, 1.165) is 18.4 Å². The van der Waals surface area contributed by atoms with Crippen LogP contribution >= 0.6 is 11.6 Å². The molecule has 0 unspecified atom stereocenters. The molecular weight excluding hydrogens is 496 g/mol. The molecule has 190 valence electrons. The van der Waals surface area contributed by atoms with Crippen LogP contribution in [0.1, 0.15) is 46.1 Å². The second-order valence-electron chi connectivity index (χ2n) is 9.55. The lowest BCUT2D eigenvalue weighted by Gasteiger charge is -2.19. The quantitative estimate of drug-likeness (QED) is 0.335. The lowest BCUT2D eigenvalue weighted by molar-refractivity contribution is 0.0930. The van der Waals surface area contributed by atoms with E-state index in [1.807, 2.05) is 6.07 Å². The van der Waals surface area contributed by atoms with Gasteiger partial charge in [0.15, 0.2) is 0 Å². The molecule has 6 nitrogen and oxygen atoms in total. The fourth-order valence-corrected chi connectivity index (χ4v) is 4.74. The van der Waals surface area contributed by atoms with Gasteiger partial charge in [-0.1, -0.05) is 11.6 Å². The fourth-order valence-electron chi connectivity index (χ4n) is 4.46. The van der Waals surface area contributed by atoms with E-state index >= 15 is 0 Å². The van der Waals surface area contributed by atoms with Crippen molar-refractivity contribution in [1.29, 1.82) is 5.41 Å². The van der Waals surface area contributed by atoms with Crippen molar-refractivity contribution in [2.45, 2.75) is 32.4 Å². The molecule has 37 heavy (non-hydrogen) atoms. The van der Waals surface area contributed by atoms with E-state index in [1.54, 1.807) is 59.8 Å². The second kappa shape index (κ2) is 9.94. The summed E-state index contributed by atoms with van der Waals surface area (Å²) >= 11 is 6.36. The molecule has 2 heterocycles. The minimum atomic E-state index is -0.448. The van der Waals surface area contributed by atoms with E-state index < -0.39 is 5.82 Å². The molecule has 5 rings (SSSR count). The molecule has 1 fully saturated rings. The summed E-state index contributed by atoms with van der Waals surface area (Å²) in [6, 6.07) is 10.9. The fraction of sp³-hybridized carbons (Fsp3) is 0.250. The van der Waals surface area contributed by atoms with Gasteiger partial charge in [-0.2, -0.15) is 0 Å². The van der Waals surface area contributed by atoms with E-state index in [0.29, 0.717) is 40.1 Å². The number of hydrogen-bond donors (Lipinski definition) is 2. The van der Waals surface area contributed by atoms with E-state index in [2.05, 4.69) is 10.3 Å². The molecule has 1 atom stereocenters. The van der Waals surface area contributed by atoms with Crippen LogP contribution in [-0.2, 0) is 13.6 Å². The first-order valence-electron chi connectivity index (χ1n) is 12.0. The number of nitrogens with zero attached hydrogens (tertiary/aromatic N) is 3. The maximum absolute atomic E-state index is 13.8. The highest BCUT2D eigenvalue weighted by molar-refractivity contribution is 6.33. The Morgan fingerprint density at radius 1 is 1.19 bits per heavy atom. The number of nitrogens with one attached hydrogen (secondary N) is 2. The monoisotopic (exact) mass is 521 g/mol. The number of amides is 1. The average molecular weight is 522 g/mol. The smallest absolute Gasteiger partial charge is 0.251 e. The van der Waals surface area contributed by atoms with Crippen LogP contribution in [0.5, 0.6) is 0 Å². The molecule has 1 saturated carbocycles. The van der Waals surface area contributed by atoms with Gasteiger partial charge in [0.2, 0.25) is 5.62 Å². The van der Waals surface area contributed by atoms with Crippen LogP contribution < -0.4 is 10.9 Å². The van der Waals surface area contributed by atoms with Crippen molar-refractivity contribution >= 4 is 17.5 Å². The average Bonchev–Trinajstić information content (AvgIpc) is 3.66. The summed E-state index contributed by atoms with van der Waals surface area (Å²) in [5, 5.41) is 11.6. The predicted molar refractivity (Wildman–Crippen MR) is 137 cm³/mol. The Hall–Kier alpha value is -3.78. The molecule has 1 amide bonds. The summed E-state index contributed by atoms with van der Waals surface area (Å²) in [5.41, 5.74) is 3.86. The third-order valence-electron chi connectivity index (χ3n) is 6.69. The van der Waals surface area contributed by atoms with Gasteiger partial charge in [-0.15, -0.1) is 0 Å². The van der Waals surface area contributed by atoms with Gasteiger partial charge >= 0.3 is 0 Å². The summed E-state index contributed by atoms with van der Waals surface area (Å²) in [6.07, 6.45) is 6.68. The molecule has 0 aliphatic heterocycles.